The zero-order valence-electron chi connectivity index (χ0n) is 7.27. The van der Waals surface area contributed by atoms with Gasteiger partial charge < -0.3 is 4.74 Å². The molecular weight excluding hydrogens is 198 g/mol. The van der Waals surface area contributed by atoms with Gasteiger partial charge in [-0.25, -0.2) is 4.98 Å². The van der Waals surface area contributed by atoms with Crippen molar-refractivity contribution in [3.8, 4) is 11.6 Å². The van der Waals surface area contributed by atoms with Gasteiger partial charge in [-0.15, -0.1) is 0 Å². The van der Waals surface area contributed by atoms with E-state index >= 15 is 0 Å². The molecule has 0 spiro atoms. The van der Waals surface area contributed by atoms with Crippen LogP contribution < -0.4 is 4.74 Å². The molecule has 0 unspecified atom stereocenters. The fraction of sp³-hybridized carbons (Fsp3) is 0. The maximum Gasteiger partial charge on any atom is 0.219 e. The van der Waals surface area contributed by atoms with E-state index in [0.29, 0.717) is 16.7 Å². The third kappa shape index (κ3) is 2.24. The van der Waals surface area contributed by atoms with Gasteiger partial charge in [-0.1, -0.05) is 11.6 Å². The number of ether oxygens (including phenoxy) is 1. The van der Waals surface area contributed by atoms with E-state index in [1.54, 1.807) is 42.6 Å². The van der Waals surface area contributed by atoms with Gasteiger partial charge in [0.15, 0.2) is 0 Å². The van der Waals surface area contributed by atoms with E-state index < -0.39 is 0 Å². The molecule has 0 saturated heterocycles. The predicted octanol–water partition coefficient (Wildman–Crippen LogP) is 3.33. The van der Waals surface area contributed by atoms with Crippen molar-refractivity contribution in [1.29, 1.82) is 0 Å². The van der Waals surface area contributed by atoms with E-state index in [2.05, 4.69) is 11.1 Å². The van der Waals surface area contributed by atoms with Gasteiger partial charge in [0.05, 0.1) is 0 Å². The van der Waals surface area contributed by atoms with Crippen LogP contribution in [0.15, 0.2) is 42.6 Å². The van der Waals surface area contributed by atoms with Gasteiger partial charge in [0.1, 0.15) is 5.75 Å². The highest BCUT2D eigenvalue weighted by Gasteiger charge is 1.96. The first-order valence-corrected chi connectivity index (χ1v) is 4.48. The lowest BCUT2D eigenvalue weighted by molar-refractivity contribution is 0.463. The number of aromatic nitrogens is 1. The molecule has 0 atom stereocenters. The molecule has 1 heterocycles. The summed E-state index contributed by atoms with van der Waals surface area (Å²) in [6.07, 6.45) is 1.56. The van der Waals surface area contributed by atoms with E-state index in [4.69, 9.17) is 16.3 Å². The topological polar surface area (TPSA) is 22.1 Å². The molecule has 2 nitrogen and oxygen atoms in total. The van der Waals surface area contributed by atoms with Crippen molar-refractivity contribution >= 4 is 11.6 Å². The zero-order valence-corrected chi connectivity index (χ0v) is 8.03. The standard InChI is InChI=1S/C11H7ClNO/c12-9-4-6-10(7-5-9)14-11-3-1-2-8-13-11/h1,3-8H. The first-order chi connectivity index (χ1) is 6.84. The summed E-state index contributed by atoms with van der Waals surface area (Å²) in [6, 6.07) is 13.4. The number of pyridine rings is 1. The maximum absolute atomic E-state index is 5.74. The Hall–Kier alpha value is -1.54. The summed E-state index contributed by atoms with van der Waals surface area (Å²) in [5.74, 6) is 1.26. The van der Waals surface area contributed by atoms with Crippen LogP contribution in [0.25, 0.3) is 0 Å². The average Bonchev–Trinajstić information content (AvgIpc) is 2.23. The van der Waals surface area contributed by atoms with Gasteiger partial charge in [0, 0.05) is 23.4 Å². The predicted molar refractivity (Wildman–Crippen MR) is 54.6 cm³/mol. The molecule has 0 fully saturated rings. The third-order valence-electron chi connectivity index (χ3n) is 1.62. The molecule has 2 rings (SSSR count). The van der Waals surface area contributed by atoms with Crippen LogP contribution >= 0.6 is 11.6 Å². The highest BCUT2D eigenvalue weighted by molar-refractivity contribution is 6.30. The van der Waals surface area contributed by atoms with Gasteiger partial charge in [-0.3, -0.25) is 0 Å². The normalized spacial score (nSPS) is 9.79. The maximum atomic E-state index is 5.74. The second-order valence-corrected chi connectivity index (χ2v) is 3.09. The van der Waals surface area contributed by atoms with E-state index in [0.717, 1.165) is 0 Å². The second-order valence-electron chi connectivity index (χ2n) is 2.65. The number of nitrogens with zero attached hydrogens (tertiary/aromatic N) is 1. The highest BCUT2D eigenvalue weighted by atomic mass is 35.5. The summed E-state index contributed by atoms with van der Waals surface area (Å²) in [5.41, 5.74) is 0. The lowest BCUT2D eigenvalue weighted by Gasteiger charge is -2.03. The molecule has 0 aliphatic heterocycles. The van der Waals surface area contributed by atoms with Gasteiger partial charge in [-0.05, 0) is 30.3 Å². The van der Waals surface area contributed by atoms with E-state index in [1.165, 1.54) is 0 Å². The summed E-state index contributed by atoms with van der Waals surface area (Å²) in [7, 11) is 0. The van der Waals surface area contributed by atoms with Crippen LogP contribution in [-0.4, -0.2) is 4.98 Å². The molecule has 0 aliphatic carbocycles. The quantitative estimate of drug-likeness (QED) is 0.749. The summed E-state index contributed by atoms with van der Waals surface area (Å²) in [5, 5.41) is 0.687. The smallest absolute Gasteiger partial charge is 0.219 e. The molecule has 3 heteroatoms. The van der Waals surface area contributed by atoms with Crippen LogP contribution in [0.5, 0.6) is 11.6 Å². The van der Waals surface area contributed by atoms with Crippen molar-refractivity contribution in [3.63, 3.8) is 0 Å². The third-order valence-corrected chi connectivity index (χ3v) is 1.88. The summed E-state index contributed by atoms with van der Waals surface area (Å²) >= 11 is 5.74. The SMILES string of the molecule is Clc1ccc(Oc2cc[c]cn2)cc1. The lowest BCUT2D eigenvalue weighted by atomic mass is 10.3. The molecule has 1 aromatic heterocycles. The van der Waals surface area contributed by atoms with E-state index in [-0.39, 0.29) is 0 Å². The van der Waals surface area contributed by atoms with Gasteiger partial charge in [0.25, 0.3) is 0 Å². The molecule has 1 aromatic carbocycles. The minimum Gasteiger partial charge on any atom is -0.439 e. The van der Waals surface area contributed by atoms with Crippen molar-refractivity contribution in [2.45, 2.75) is 0 Å². The fourth-order valence-electron chi connectivity index (χ4n) is 0.990. The van der Waals surface area contributed by atoms with Crippen molar-refractivity contribution in [1.82, 2.24) is 4.98 Å². The van der Waals surface area contributed by atoms with Crippen molar-refractivity contribution in [2.75, 3.05) is 0 Å². The largest absolute Gasteiger partial charge is 0.439 e. The summed E-state index contributed by atoms with van der Waals surface area (Å²) in [4.78, 5) is 3.99. The molecule has 0 N–H and O–H groups in total. The number of hydrogen-bond donors (Lipinski definition) is 0. The number of benzene rings is 1. The monoisotopic (exact) mass is 204 g/mol. The van der Waals surface area contributed by atoms with Crippen molar-refractivity contribution in [2.24, 2.45) is 0 Å². The van der Waals surface area contributed by atoms with Crippen LogP contribution in [0, 0.1) is 6.07 Å². The van der Waals surface area contributed by atoms with Crippen molar-refractivity contribution < 1.29 is 4.74 Å². The molecular formula is C11H7ClNO. The highest BCUT2D eigenvalue weighted by Crippen LogP contribution is 2.20. The molecule has 0 bridgehead atoms. The first-order valence-electron chi connectivity index (χ1n) is 4.10. The summed E-state index contributed by atoms with van der Waals surface area (Å²) < 4.78 is 5.44. The number of rotatable bonds is 2. The average molecular weight is 205 g/mol. The number of halogens is 1. The zero-order chi connectivity index (χ0) is 9.80. The van der Waals surface area contributed by atoms with E-state index in [9.17, 15) is 0 Å². The molecule has 0 saturated carbocycles. The molecule has 0 amide bonds. The van der Waals surface area contributed by atoms with Gasteiger partial charge >= 0.3 is 0 Å². The Kier molecular flexibility index (Phi) is 2.65. The van der Waals surface area contributed by atoms with Crippen LogP contribution in [0.4, 0.5) is 0 Å². The molecule has 14 heavy (non-hydrogen) atoms. The molecule has 2 aromatic rings. The molecule has 1 radical (unpaired) electrons. The Bertz CT molecular complexity index is 399. The van der Waals surface area contributed by atoms with Crippen molar-refractivity contribution in [3.05, 3.63) is 53.7 Å². The minimum absolute atomic E-state index is 0.547. The van der Waals surface area contributed by atoms with Crippen LogP contribution in [0.3, 0.4) is 0 Å². The Morgan fingerprint density at radius 1 is 1.14 bits per heavy atom. The van der Waals surface area contributed by atoms with Gasteiger partial charge in [0.2, 0.25) is 5.88 Å². The molecule has 0 aliphatic rings. The lowest BCUT2D eigenvalue weighted by Crippen LogP contribution is -1.85. The number of hydrogen-bond acceptors (Lipinski definition) is 2. The Morgan fingerprint density at radius 2 is 1.93 bits per heavy atom. The second kappa shape index (κ2) is 4.11. The van der Waals surface area contributed by atoms with Crippen LogP contribution in [0.1, 0.15) is 0 Å². The molecule has 69 valence electrons. The fourth-order valence-corrected chi connectivity index (χ4v) is 1.12. The minimum atomic E-state index is 0.547. The Morgan fingerprint density at radius 3 is 2.57 bits per heavy atom. The van der Waals surface area contributed by atoms with Gasteiger partial charge in [-0.2, -0.15) is 0 Å². The Labute approximate surface area is 87.1 Å². The van der Waals surface area contributed by atoms with Crippen LogP contribution in [-0.2, 0) is 0 Å². The summed E-state index contributed by atoms with van der Waals surface area (Å²) in [6.45, 7) is 0. The van der Waals surface area contributed by atoms with E-state index in [1.807, 2.05) is 0 Å². The Balaban J connectivity index is 2.16. The first kappa shape index (κ1) is 9.03. The van der Waals surface area contributed by atoms with Crippen LogP contribution in [0.2, 0.25) is 5.02 Å².